The normalized spacial score (nSPS) is 39.5. The number of carbonyl (C=O) groups excluding carboxylic acids is 1. The Morgan fingerprint density at radius 2 is 1.96 bits per heavy atom. The SMILES string of the molecule is CC(C)(O)C1=CC2=CC[C@@H]3[C@](C)(CCC[C@@]3(C)C(=O)O)[C@H]2CC1=O. The number of hydrogen-bond acceptors (Lipinski definition) is 3. The number of rotatable bonds is 2. The van der Waals surface area contributed by atoms with Crippen LogP contribution in [0.15, 0.2) is 23.3 Å². The van der Waals surface area contributed by atoms with Gasteiger partial charge in [0.05, 0.1) is 11.0 Å². The highest BCUT2D eigenvalue weighted by Gasteiger charge is 2.58. The van der Waals surface area contributed by atoms with Crippen molar-refractivity contribution in [2.45, 2.75) is 65.4 Å². The molecule has 0 bridgehead atoms. The molecule has 2 N–H and O–H groups in total. The summed E-state index contributed by atoms with van der Waals surface area (Å²) >= 11 is 0. The van der Waals surface area contributed by atoms with Gasteiger partial charge in [-0.15, -0.1) is 0 Å². The Morgan fingerprint density at radius 3 is 2.54 bits per heavy atom. The van der Waals surface area contributed by atoms with Gasteiger partial charge in [0, 0.05) is 12.0 Å². The van der Waals surface area contributed by atoms with Crippen molar-refractivity contribution in [3.05, 3.63) is 23.3 Å². The lowest BCUT2D eigenvalue weighted by molar-refractivity contribution is -0.162. The minimum atomic E-state index is -1.14. The van der Waals surface area contributed by atoms with Gasteiger partial charge in [0.25, 0.3) is 0 Å². The Bertz CT molecular complexity index is 651. The second kappa shape index (κ2) is 5.29. The number of fused-ring (bicyclic) bond motifs is 3. The van der Waals surface area contributed by atoms with Gasteiger partial charge < -0.3 is 10.2 Å². The Balaban J connectivity index is 2.06. The van der Waals surface area contributed by atoms with Crippen molar-refractivity contribution >= 4 is 11.8 Å². The van der Waals surface area contributed by atoms with Crippen molar-refractivity contribution in [1.82, 2.24) is 0 Å². The van der Waals surface area contributed by atoms with E-state index in [1.165, 1.54) is 0 Å². The molecular formula is C20H28O4. The zero-order valence-corrected chi connectivity index (χ0v) is 15.1. The molecule has 3 rings (SSSR count). The molecule has 0 saturated heterocycles. The molecule has 132 valence electrons. The highest BCUT2D eigenvalue weighted by atomic mass is 16.4. The van der Waals surface area contributed by atoms with E-state index in [0.717, 1.165) is 24.8 Å². The van der Waals surface area contributed by atoms with Gasteiger partial charge in [-0.1, -0.05) is 19.4 Å². The Kier molecular flexibility index (Phi) is 3.83. The van der Waals surface area contributed by atoms with Gasteiger partial charge >= 0.3 is 5.97 Å². The molecule has 0 heterocycles. The van der Waals surface area contributed by atoms with Crippen LogP contribution in [0.25, 0.3) is 0 Å². The number of aliphatic carboxylic acids is 1. The third-order valence-corrected chi connectivity index (χ3v) is 6.91. The smallest absolute Gasteiger partial charge is 0.309 e. The van der Waals surface area contributed by atoms with Crippen molar-refractivity contribution < 1.29 is 19.8 Å². The molecule has 0 aromatic carbocycles. The van der Waals surface area contributed by atoms with Gasteiger partial charge in [0.15, 0.2) is 5.78 Å². The first-order valence-corrected chi connectivity index (χ1v) is 8.91. The zero-order valence-electron chi connectivity index (χ0n) is 15.1. The Labute approximate surface area is 143 Å². The van der Waals surface area contributed by atoms with Gasteiger partial charge in [-0.25, -0.2) is 0 Å². The first-order chi connectivity index (χ1) is 11.0. The lowest BCUT2D eigenvalue weighted by Crippen LogP contribution is -2.53. The van der Waals surface area contributed by atoms with Crippen LogP contribution >= 0.6 is 0 Å². The quantitative estimate of drug-likeness (QED) is 0.811. The third-order valence-electron chi connectivity index (χ3n) is 6.91. The number of carboxylic acid groups (broad SMARTS) is 1. The lowest BCUT2D eigenvalue weighted by atomic mass is 9.46. The highest BCUT2D eigenvalue weighted by molar-refractivity contribution is 5.99. The van der Waals surface area contributed by atoms with Crippen LogP contribution in [0.2, 0.25) is 0 Å². The fraction of sp³-hybridized carbons (Fsp3) is 0.700. The van der Waals surface area contributed by atoms with Crippen LogP contribution in [0, 0.1) is 22.7 Å². The van der Waals surface area contributed by atoms with E-state index in [4.69, 9.17) is 0 Å². The summed E-state index contributed by atoms with van der Waals surface area (Å²) in [6, 6.07) is 0. The maximum Gasteiger partial charge on any atom is 0.309 e. The average molecular weight is 332 g/mol. The second-order valence-electron chi connectivity index (χ2n) is 8.87. The highest BCUT2D eigenvalue weighted by Crippen LogP contribution is 2.61. The first kappa shape index (κ1) is 17.4. The fourth-order valence-corrected chi connectivity index (χ4v) is 5.46. The molecule has 0 radical (unpaired) electrons. The van der Waals surface area contributed by atoms with Crippen LogP contribution < -0.4 is 0 Å². The number of Topliss-reactive ketones (excluding diaryl/α,β-unsaturated/α-hetero) is 1. The number of carboxylic acids is 1. The molecule has 24 heavy (non-hydrogen) atoms. The molecule has 3 aliphatic rings. The summed E-state index contributed by atoms with van der Waals surface area (Å²) in [6.07, 6.45) is 7.64. The summed E-state index contributed by atoms with van der Waals surface area (Å²) in [6.45, 7) is 7.34. The van der Waals surface area contributed by atoms with Crippen LogP contribution in [-0.2, 0) is 9.59 Å². The van der Waals surface area contributed by atoms with Crippen LogP contribution in [0.1, 0.15) is 59.8 Å². The standard InChI is InChI=1S/C20H28O4/c1-18(2,24)14-10-12-6-7-16-19(3,13(12)11-15(14)21)8-5-9-20(16,4)17(22)23/h6,10,13,16,24H,5,7-9,11H2,1-4H3,(H,22,23)/t13-,16+,19+,20+/m0/s1. The number of allylic oxidation sites excluding steroid dienone is 3. The monoisotopic (exact) mass is 332 g/mol. The maximum absolute atomic E-state index is 12.6. The minimum absolute atomic E-state index is 0.00544. The van der Waals surface area contributed by atoms with E-state index in [9.17, 15) is 19.8 Å². The number of carbonyl (C=O) groups is 2. The van der Waals surface area contributed by atoms with E-state index in [1.807, 2.05) is 13.0 Å². The molecule has 0 unspecified atom stereocenters. The lowest BCUT2D eigenvalue weighted by Gasteiger charge is -2.56. The van der Waals surface area contributed by atoms with Crippen molar-refractivity contribution in [2.75, 3.05) is 0 Å². The van der Waals surface area contributed by atoms with Crippen molar-refractivity contribution in [2.24, 2.45) is 22.7 Å². The van der Waals surface area contributed by atoms with Crippen LogP contribution in [0.5, 0.6) is 0 Å². The average Bonchev–Trinajstić information content (AvgIpc) is 2.46. The summed E-state index contributed by atoms with van der Waals surface area (Å²) in [5.41, 5.74) is -0.447. The zero-order chi connectivity index (χ0) is 17.9. The van der Waals surface area contributed by atoms with Crippen molar-refractivity contribution in [1.29, 1.82) is 0 Å². The molecule has 4 nitrogen and oxygen atoms in total. The molecule has 0 spiro atoms. The fourth-order valence-electron chi connectivity index (χ4n) is 5.46. The topological polar surface area (TPSA) is 74.6 Å². The molecular weight excluding hydrogens is 304 g/mol. The molecule has 0 aromatic heterocycles. The first-order valence-electron chi connectivity index (χ1n) is 8.91. The molecule has 1 saturated carbocycles. The Hall–Kier alpha value is -1.42. The molecule has 4 atom stereocenters. The van der Waals surface area contributed by atoms with Gasteiger partial charge in [-0.3, -0.25) is 9.59 Å². The van der Waals surface area contributed by atoms with Crippen molar-refractivity contribution in [3.8, 4) is 0 Å². The van der Waals surface area contributed by atoms with Gasteiger partial charge in [0.1, 0.15) is 0 Å². The van der Waals surface area contributed by atoms with Crippen LogP contribution in [-0.4, -0.2) is 27.6 Å². The van der Waals surface area contributed by atoms with E-state index in [0.29, 0.717) is 18.4 Å². The predicted octanol–water partition coefficient (Wildman–Crippen LogP) is 3.50. The van der Waals surface area contributed by atoms with Crippen LogP contribution in [0.4, 0.5) is 0 Å². The van der Waals surface area contributed by atoms with E-state index >= 15 is 0 Å². The van der Waals surface area contributed by atoms with Crippen molar-refractivity contribution in [3.63, 3.8) is 0 Å². The number of ketones is 1. The number of aliphatic hydroxyl groups is 1. The maximum atomic E-state index is 12.6. The van der Waals surface area contributed by atoms with Crippen LogP contribution in [0.3, 0.4) is 0 Å². The molecule has 0 amide bonds. The van der Waals surface area contributed by atoms with Gasteiger partial charge in [0.2, 0.25) is 0 Å². The predicted molar refractivity (Wildman–Crippen MR) is 91.4 cm³/mol. The number of hydrogen-bond donors (Lipinski definition) is 2. The largest absolute Gasteiger partial charge is 0.481 e. The molecule has 4 heteroatoms. The van der Waals surface area contributed by atoms with E-state index < -0.39 is 17.0 Å². The molecule has 0 aliphatic heterocycles. The molecule has 0 aromatic rings. The van der Waals surface area contributed by atoms with E-state index in [2.05, 4.69) is 13.0 Å². The third kappa shape index (κ3) is 2.38. The summed E-state index contributed by atoms with van der Waals surface area (Å²) < 4.78 is 0. The van der Waals surface area contributed by atoms with E-state index in [1.54, 1.807) is 13.8 Å². The Morgan fingerprint density at radius 1 is 1.29 bits per heavy atom. The molecule has 1 fully saturated rings. The van der Waals surface area contributed by atoms with Gasteiger partial charge in [-0.05, 0) is 68.9 Å². The molecule has 3 aliphatic carbocycles. The minimum Gasteiger partial charge on any atom is -0.481 e. The summed E-state index contributed by atoms with van der Waals surface area (Å²) in [5.74, 6) is -0.608. The summed E-state index contributed by atoms with van der Waals surface area (Å²) in [7, 11) is 0. The van der Waals surface area contributed by atoms with E-state index in [-0.39, 0.29) is 23.0 Å². The summed E-state index contributed by atoms with van der Waals surface area (Å²) in [4.78, 5) is 24.6. The summed E-state index contributed by atoms with van der Waals surface area (Å²) in [5, 5.41) is 20.1. The second-order valence-corrected chi connectivity index (χ2v) is 8.87. The van der Waals surface area contributed by atoms with Gasteiger partial charge in [-0.2, -0.15) is 0 Å².